The summed E-state index contributed by atoms with van der Waals surface area (Å²) in [5, 5.41) is 9.43. The zero-order chi connectivity index (χ0) is 26.4. The minimum Gasteiger partial charge on any atom is -0.457 e. The van der Waals surface area contributed by atoms with E-state index in [2.05, 4.69) is 74.6 Å². The minimum atomic E-state index is -0.559. The summed E-state index contributed by atoms with van der Waals surface area (Å²) in [5.41, 5.74) is 0. The smallest absolute Gasteiger partial charge is 0.306 e. The zero-order valence-corrected chi connectivity index (χ0v) is 23.3. The summed E-state index contributed by atoms with van der Waals surface area (Å²) in [6.07, 6.45) is 36.8. The third-order valence-corrected chi connectivity index (χ3v) is 5.61. The van der Waals surface area contributed by atoms with Crippen LogP contribution in [0.3, 0.4) is 0 Å². The molecular weight excluding hydrogens is 448 g/mol. The van der Waals surface area contributed by atoms with Crippen molar-refractivity contribution in [3.8, 4) is 0 Å². The van der Waals surface area contributed by atoms with Crippen molar-refractivity contribution in [3.05, 3.63) is 60.8 Å². The maximum atomic E-state index is 12.0. The summed E-state index contributed by atoms with van der Waals surface area (Å²) < 4.78 is 10.9. The first-order valence-corrected chi connectivity index (χ1v) is 14.4. The number of allylic oxidation sites excluding steroid dienone is 10. The topological polar surface area (TPSA) is 55.8 Å². The molecule has 0 aromatic rings. The number of unbranched alkanes of at least 4 members (excludes halogenated alkanes) is 7. The van der Waals surface area contributed by atoms with Gasteiger partial charge in [0.05, 0.1) is 13.2 Å². The molecule has 0 aliphatic rings. The lowest BCUT2D eigenvalue weighted by atomic mass is 10.1. The van der Waals surface area contributed by atoms with Gasteiger partial charge in [0.2, 0.25) is 0 Å². The SMILES string of the molecule is CC/C=C\C/C=C\C/C=C\C/C=C\C/C=C\CCCC(=O)OC(CO)COCCCCCCCCC. The van der Waals surface area contributed by atoms with Gasteiger partial charge in [-0.15, -0.1) is 0 Å². The van der Waals surface area contributed by atoms with Crippen LogP contribution in [0.5, 0.6) is 0 Å². The number of hydrogen-bond acceptors (Lipinski definition) is 4. The Kier molecular flexibility index (Phi) is 27.8. The Hall–Kier alpha value is -1.91. The molecule has 1 atom stereocenters. The molecule has 0 radical (unpaired) electrons. The molecule has 0 saturated heterocycles. The van der Waals surface area contributed by atoms with Crippen molar-refractivity contribution in [2.45, 2.75) is 116 Å². The van der Waals surface area contributed by atoms with E-state index in [1.54, 1.807) is 0 Å². The Morgan fingerprint density at radius 3 is 1.78 bits per heavy atom. The van der Waals surface area contributed by atoms with Crippen LogP contribution in [0.4, 0.5) is 0 Å². The predicted molar refractivity (Wildman–Crippen MR) is 154 cm³/mol. The van der Waals surface area contributed by atoms with Gasteiger partial charge >= 0.3 is 5.97 Å². The second-order valence-corrected chi connectivity index (χ2v) is 9.09. The highest BCUT2D eigenvalue weighted by Gasteiger charge is 2.13. The number of ether oxygens (including phenoxy) is 2. The molecule has 0 heterocycles. The maximum absolute atomic E-state index is 12.0. The largest absolute Gasteiger partial charge is 0.457 e. The molecule has 0 saturated carbocycles. The van der Waals surface area contributed by atoms with Crippen LogP contribution in [0.25, 0.3) is 0 Å². The molecule has 4 nitrogen and oxygen atoms in total. The number of hydrogen-bond donors (Lipinski definition) is 1. The summed E-state index contributed by atoms with van der Waals surface area (Å²) in [6.45, 7) is 5.11. The lowest BCUT2D eigenvalue weighted by Crippen LogP contribution is -2.27. The van der Waals surface area contributed by atoms with Crippen LogP contribution in [0.15, 0.2) is 60.8 Å². The zero-order valence-electron chi connectivity index (χ0n) is 23.3. The van der Waals surface area contributed by atoms with Gasteiger partial charge < -0.3 is 14.6 Å². The highest BCUT2D eigenvalue weighted by molar-refractivity contribution is 5.69. The Labute approximate surface area is 222 Å². The number of carbonyl (C=O) groups excluding carboxylic acids is 1. The van der Waals surface area contributed by atoms with Gasteiger partial charge in [-0.3, -0.25) is 4.79 Å². The van der Waals surface area contributed by atoms with Crippen molar-refractivity contribution in [2.24, 2.45) is 0 Å². The first-order valence-electron chi connectivity index (χ1n) is 14.4. The normalized spacial score (nSPS) is 13.3. The lowest BCUT2D eigenvalue weighted by molar-refractivity contribution is -0.154. The van der Waals surface area contributed by atoms with Crippen LogP contribution in [0.1, 0.15) is 110 Å². The van der Waals surface area contributed by atoms with Gasteiger partial charge in [-0.05, 0) is 51.4 Å². The van der Waals surface area contributed by atoms with Crippen LogP contribution in [0.2, 0.25) is 0 Å². The van der Waals surface area contributed by atoms with Crippen LogP contribution in [0, 0.1) is 0 Å². The third-order valence-electron chi connectivity index (χ3n) is 5.61. The molecule has 0 fully saturated rings. The van der Waals surface area contributed by atoms with Crippen molar-refractivity contribution < 1.29 is 19.4 Å². The quantitative estimate of drug-likeness (QED) is 0.0771. The molecule has 36 heavy (non-hydrogen) atoms. The van der Waals surface area contributed by atoms with Gasteiger partial charge in [-0.25, -0.2) is 0 Å². The molecule has 0 aliphatic carbocycles. The fourth-order valence-corrected chi connectivity index (χ4v) is 3.48. The molecule has 4 heteroatoms. The molecule has 1 N–H and O–H groups in total. The lowest BCUT2D eigenvalue weighted by Gasteiger charge is -2.15. The van der Waals surface area contributed by atoms with E-state index in [9.17, 15) is 9.90 Å². The summed E-state index contributed by atoms with van der Waals surface area (Å²) in [7, 11) is 0. The number of rotatable bonds is 25. The Bertz CT molecular complexity index is 616. The average molecular weight is 503 g/mol. The number of aliphatic hydroxyl groups is 1. The standard InChI is InChI=1S/C32H54O4/c1-3-5-7-9-11-12-13-14-15-16-17-18-19-20-21-23-25-27-32(34)36-31(29-33)30-35-28-26-24-22-10-8-6-4-2/h5,7,11-12,14-15,17-18,20-21,31,33H,3-4,6,8-10,13,16,19,22-30H2,1-2H3/b7-5-,12-11-,15-14-,18-17-,21-20-. The monoisotopic (exact) mass is 502 g/mol. The second-order valence-electron chi connectivity index (χ2n) is 9.09. The van der Waals surface area contributed by atoms with Gasteiger partial charge in [0.15, 0.2) is 0 Å². The van der Waals surface area contributed by atoms with Crippen molar-refractivity contribution in [2.75, 3.05) is 19.8 Å². The molecule has 1 unspecified atom stereocenters. The first kappa shape index (κ1) is 34.1. The van der Waals surface area contributed by atoms with Crippen molar-refractivity contribution in [1.82, 2.24) is 0 Å². The highest BCUT2D eigenvalue weighted by atomic mass is 16.6. The van der Waals surface area contributed by atoms with E-state index in [4.69, 9.17) is 9.47 Å². The van der Waals surface area contributed by atoms with E-state index in [1.807, 2.05) is 0 Å². The van der Waals surface area contributed by atoms with Crippen LogP contribution in [-0.4, -0.2) is 37.0 Å². The summed E-state index contributed by atoms with van der Waals surface area (Å²) in [5.74, 6) is -0.263. The molecule has 0 rings (SSSR count). The minimum absolute atomic E-state index is 0.197. The molecular formula is C32H54O4. The maximum Gasteiger partial charge on any atom is 0.306 e. The molecule has 206 valence electrons. The van der Waals surface area contributed by atoms with E-state index in [-0.39, 0.29) is 19.2 Å². The Balaban J connectivity index is 3.66. The fourth-order valence-electron chi connectivity index (χ4n) is 3.48. The first-order chi connectivity index (χ1) is 17.7. The summed E-state index contributed by atoms with van der Waals surface area (Å²) in [6, 6.07) is 0. The molecule has 0 spiro atoms. The van der Waals surface area contributed by atoms with E-state index in [0.717, 1.165) is 51.4 Å². The van der Waals surface area contributed by atoms with Gasteiger partial charge in [-0.1, -0.05) is 113 Å². The molecule has 0 aliphatic heterocycles. The van der Waals surface area contributed by atoms with Crippen molar-refractivity contribution in [3.63, 3.8) is 0 Å². The van der Waals surface area contributed by atoms with E-state index < -0.39 is 6.10 Å². The molecule has 0 aromatic carbocycles. The molecule has 0 amide bonds. The number of carbonyl (C=O) groups is 1. The van der Waals surface area contributed by atoms with Crippen LogP contribution in [-0.2, 0) is 14.3 Å². The van der Waals surface area contributed by atoms with Crippen LogP contribution < -0.4 is 0 Å². The van der Waals surface area contributed by atoms with E-state index in [1.165, 1.54) is 38.5 Å². The Morgan fingerprint density at radius 2 is 1.22 bits per heavy atom. The molecule has 0 aromatic heterocycles. The third kappa shape index (κ3) is 26.7. The van der Waals surface area contributed by atoms with Crippen LogP contribution >= 0.6 is 0 Å². The average Bonchev–Trinajstić information content (AvgIpc) is 2.88. The van der Waals surface area contributed by atoms with Gasteiger partial charge in [0.25, 0.3) is 0 Å². The fraction of sp³-hybridized carbons (Fsp3) is 0.656. The summed E-state index contributed by atoms with van der Waals surface area (Å²) >= 11 is 0. The Morgan fingerprint density at radius 1 is 0.694 bits per heavy atom. The van der Waals surface area contributed by atoms with Gasteiger partial charge in [-0.2, -0.15) is 0 Å². The number of aliphatic hydroxyl groups excluding tert-OH is 1. The van der Waals surface area contributed by atoms with E-state index >= 15 is 0 Å². The van der Waals surface area contributed by atoms with Crippen molar-refractivity contribution >= 4 is 5.97 Å². The van der Waals surface area contributed by atoms with Crippen molar-refractivity contribution in [1.29, 1.82) is 0 Å². The second kappa shape index (κ2) is 29.3. The molecule has 0 bridgehead atoms. The number of esters is 1. The van der Waals surface area contributed by atoms with E-state index in [0.29, 0.717) is 13.0 Å². The summed E-state index contributed by atoms with van der Waals surface area (Å²) in [4.78, 5) is 12.0. The van der Waals surface area contributed by atoms with Gasteiger partial charge in [0.1, 0.15) is 6.10 Å². The highest BCUT2D eigenvalue weighted by Crippen LogP contribution is 2.08. The predicted octanol–water partition coefficient (Wildman–Crippen LogP) is 8.58. The van der Waals surface area contributed by atoms with Gasteiger partial charge in [0, 0.05) is 13.0 Å².